The molecule has 0 aliphatic heterocycles. The van der Waals surface area contributed by atoms with Crippen LogP contribution in [0.3, 0.4) is 0 Å². The van der Waals surface area contributed by atoms with Crippen LogP contribution in [0.1, 0.15) is 39.5 Å². The van der Waals surface area contributed by atoms with Crippen LogP contribution in [0.5, 0.6) is 0 Å². The molecule has 0 rings (SSSR count). The summed E-state index contributed by atoms with van der Waals surface area (Å²) in [4.78, 5) is 0. The third kappa shape index (κ3) is 11.6. The van der Waals surface area contributed by atoms with Crippen molar-refractivity contribution < 1.29 is 3.07 Å². The molecule has 1 nitrogen and oxygen atoms in total. The van der Waals surface area contributed by atoms with E-state index in [-0.39, 0.29) is 17.0 Å². The minimum atomic E-state index is 0. The van der Waals surface area contributed by atoms with E-state index in [1.165, 1.54) is 54.4 Å². The molecule has 0 bridgehead atoms. The fourth-order valence-electron chi connectivity index (χ4n) is 0.812. The van der Waals surface area contributed by atoms with Gasteiger partial charge in [0.25, 0.3) is 0 Å². The summed E-state index contributed by atoms with van der Waals surface area (Å²) in [5, 5.41) is 0. The summed E-state index contributed by atoms with van der Waals surface area (Å²) in [6.07, 6.45) is 5.44. The fourth-order valence-corrected chi connectivity index (χ4v) is 2.17. The quantitative estimate of drug-likeness (QED) is 0.391. The number of hydrogen-bond acceptors (Lipinski definition) is 2. The number of halogens is 1. The topological polar surface area (TPSA) is 9.23 Å². The molecule has 0 heterocycles. The summed E-state index contributed by atoms with van der Waals surface area (Å²) in [7, 11) is 0. The van der Waals surface area contributed by atoms with Crippen LogP contribution in [0.25, 0.3) is 0 Å². The van der Waals surface area contributed by atoms with Crippen molar-refractivity contribution in [1.82, 2.24) is 0 Å². The van der Waals surface area contributed by atoms with E-state index in [9.17, 15) is 0 Å². The van der Waals surface area contributed by atoms with Crippen LogP contribution in [0.15, 0.2) is 0 Å². The summed E-state index contributed by atoms with van der Waals surface area (Å²) in [6, 6.07) is 0. The predicted molar refractivity (Wildman–Crippen MR) is 63.2 cm³/mol. The van der Waals surface area contributed by atoms with Gasteiger partial charge < -0.3 is 0 Å². The SMILES string of the molecule is Br.CCCCCCSC(C)[O][Sn]. The van der Waals surface area contributed by atoms with Gasteiger partial charge in [0.1, 0.15) is 0 Å². The molecule has 0 spiro atoms. The van der Waals surface area contributed by atoms with E-state index < -0.39 is 0 Å². The summed E-state index contributed by atoms with van der Waals surface area (Å²) in [5.74, 6) is 1.26. The van der Waals surface area contributed by atoms with Gasteiger partial charge in [0, 0.05) is 0 Å². The molecule has 0 aliphatic carbocycles. The van der Waals surface area contributed by atoms with Gasteiger partial charge in [-0.15, -0.1) is 17.0 Å². The van der Waals surface area contributed by atoms with E-state index in [2.05, 4.69) is 13.8 Å². The molecule has 73 valence electrons. The van der Waals surface area contributed by atoms with Crippen molar-refractivity contribution in [3.63, 3.8) is 0 Å². The van der Waals surface area contributed by atoms with Gasteiger partial charge in [0.2, 0.25) is 0 Å². The van der Waals surface area contributed by atoms with Crippen molar-refractivity contribution in [2.75, 3.05) is 5.75 Å². The average molecular weight is 361 g/mol. The normalized spacial score (nSPS) is 12.2. The first-order chi connectivity index (χ1) is 5.31. The van der Waals surface area contributed by atoms with Gasteiger partial charge >= 0.3 is 88.5 Å². The summed E-state index contributed by atoms with van der Waals surface area (Å²) in [5.41, 5.74) is 0.412. The molecule has 0 N–H and O–H groups in total. The van der Waals surface area contributed by atoms with Gasteiger partial charge in [-0.1, -0.05) is 0 Å². The van der Waals surface area contributed by atoms with Crippen LogP contribution in [0.2, 0.25) is 0 Å². The zero-order valence-corrected chi connectivity index (χ0v) is 13.2. The van der Waals surface area contributed by atoms with E-state index in [1.807, 2.05) is 11.8 Å². The van der Waals surface area contributed by atoms with Gasteiger partial charge in [-0.25, -0.2) is 0 Å². The molecule has 1 unspecified atom stereocenters. The maximum atomic E-state index is 5.21. The number of rotatable bonds is 7. The first-order valence-corrected chi connectivity index (χ1v) is 6.46. The van der Waals surface area contributed by atoms with E-state index >= 15 is 0 Å². The molecule has 3 radical (unpaired) electrons. The summed E-state index contributed by atoms with van der Waals surface area (Å²) >= 11 is 3.11. The van der Waals surface area contributed by atoms with Crippen molar-refractivity contribution in [2.45, 2.75) is 45.0 Å². The van der Waals surface area contributed by atoms with E-state index in [4.69, 9.17) is 3.07 Å². The molecule has 0 fully saturated rings. The first kappa shape index (κ1) is 16.0. The zero-order valence-electron chi connectivity index (χ0n) is 7.84. The molecule has 12 heavy (non-hydrogen) atoms. The van der Waals surface area contributed by atoms with Gasteiger partial charge in [-0.2, -0.15) is 0 Å². The molecule has 0 aliphatic rings. The summed E-state index contributed by atoms with van der Waals surface area (Å²) < 4.78 is 5.21. The predicted octanol–water partition coefficient (Wildman–Crippen LogP) is 3.32. The molecule has 0 amide bonds. The Morgan fingerprint density at radius 1 is 1.33 bits per heavy atom. The third-order valence-electron chi connectivity index (χ3n) is 1.52. The van der Waals surface area contributed by atoms with Gasteiger partial charge in [-0.3, -0.25) is 0 Å². The Morgan fingerprint density at radius 3 is 2.50 bits per heavy atom. The van der Waals surface area contributed by atoms with E-state index in [0.717, 1.165) is 0 Å². The maximum absolute atomic E-state index is 5.21. The van der Waals surface area contributed by atoms with Crippen LogP contribution in [0, 0.1) is 0 Å². The van der Waals surface area contributed by atoms with Gasteiger partial charge in [0.05, 0.1) is 0 Å². The second-order valence-electron chi connectivity index (χ2n) is 2.62. The molecular formula is C8H18BrOSSn. The molecule has 4 heteroatoms. The van der Waals surface area contributed by atoms with Crippen molar-refractivity contribution in [1.29, 1.82) is 0 Å². The molecule has 0 aromatic rings. The van der Waals surface area contributed by atoms with Crippen molar-refractivity contribution >= 4 is 51.7 Å². The molecule has 0 aromatic heterocycles. The Morgan fingerprint density at radius 2 is 2.00 bits per heavy atom. The Labute approximate surface area is 105 Å². The van der Waals surface area contributed by atoms with Gasteiger partial charge in [0.15, 0.2) is 0 Å². The van der Waals surface area contributed by atoms with E-state index in [0.29, 0.717) is 5.44 Å². The molecule has 0 saturated carbocycles. The Bertz CT molecular complexity index is 85.5. The second kappa shape index (κ2) is 12.6. The molecular weight excluding hydrogens is 343 g/mol. The van der Waals surface area contributed by atoms with E-state index in [1.54, 1.807) is 0 Å². The Kier molecular flexibility index (Phi) is 16.8. The number of thioether (sulfide) groups is 1. The summed E-state index contributed by atoms with van der Waals surface area (Å²) in [6.45, 7) is 4.37. The van der Waals surface area contributed by atoms with Crippen LogP contribution >= 0.6 is 28.7 Å². The van der Waals surface area contributed by atoms with Crippen LogP contribution in [-0.2, 0) is 3.07 Å². The Balaban J connectivity index is 0. The fraction of sp³-hybridized carbons (Fsp3) is 1.00. The first-order valence-electron chi connectivity index (χ1n) is 4.25. The number of hydrogen-bond donors (Lipinski definition) is 0. The molecule has 0 aromatic carbocycles. The minimum absolute atomic E-state index is 0. The standard InChI is InChI=1S/C8H17OS.BrH.Sn/c1-3-4-5-6-7-10-8(2)9;;/h8H,3-7H2,1-2H3;1H;/q-1;;+1. The van der Waals surface area contributed by atoms with Crippen LogP contribution < -0.4 is 0 Å². The zero-order chi connectivity index (χ0) is 8.53. The average Bonchev–Trinajstić information content (AvgIpc) is 2.04. The number of unbranched alkanes of at least 4 members (excludes halogenated alkanes) is 3. The third-order valence-corrected chi connectivity index (χ3v) is 4.10. The van der Waals surface area contributed by atoms with Crippen molar-refractivity contribution in [2.24, 2.45) is 0 Å². The van der Waals surface area contributed by atoms with Crippen LogP contribution in [-0.4, -0.2) is 34.1 Å². The van der Waals surface area contributed by atoms with Crippen molar-refractivity contribution in [3.8, 4) is 0 Å². The second-order valence-corrected chi connectivity index (χ2v) is 4.70. The Hall–Kier alpha value is 1.59. The van der Waals surface area contributed by atoms with Gasteiger partial charge in [-0.05, 0) is 0 Å². The molecule has 0 saturated heterocycles. The molecule has 1 atom stereocenters. The van der Waals surface area contributed by atoms with Crippen molar-refractivity contribution in [3.05, 3.63) is 0 Å². The monoisotopic (exact) mass is 361 g/mol. The van der Waals surface area contributed by atoms with Crippen LogP contribution in [0.4, 0.5) is 0 Å².